The fraction of sp³-hybridized carbons (Fsp3) is 0.442. The Morgan fingerprint density at radius 2 is 1.25 bits per heavy atom. The van der Waals surface area contributed by atoms with Gasteiger partial charge in [0.2, 0.25) is 0 Å². The van der Waals surface area contributed by atoms with E-state index >= 15 is 0 Å². The fourth-order valence-electron chi connectivity index (χ4n) is 6.62. The zero-order chi connectivity index (χ0) is 32.9. The second-order valence-corrected chi connectivity index (χ2v) is 14.3. The van der Waals surface area contributed by atoms with Crippen LogP contribution in [0.3, 0.4) is 0 Å². The number of aliphatic hydroxyl groups excluding tert-OH is 1. The predicted octanol–water partition coefficient (Wildman–Crippen LogP) is 12.2. The Balaban J connectivity index is 1.91. The molecule has 1 heteroatoms. The number of hydrogen-bond donors (Lipinski definition) is 1. The van der Waals surface area contributed by atoms with Crippen LogP contribution in [0.2, 0.25) is 0 Å². The summed E-state index contributed by atoms with van der Waals surface area (Å²) >= 11 is 0. The van der Waals surface area contributed by atoms with Gasteiger partial charge in [-0.2, -0.15) is 0 Å². The van der Waals surface area contributed by atoms with E-state index in [-0.39, 0.29) is 16.9 Å². The molecule has 0 saturated carbocycles. The number of hydrogen-bond acceptors (Lipinski definition) is 1. The van der Waals surface area contributed by atoms with Crippen molar-refractivity contribution in [3.8, 4) is 0 Å². The molecule has 44 heavy (non-hydrogen) atoms. The van der Waals surface area contributed by atoms with Crippen molar-refractivity contribution in [2.45, 2.75) is 102 Å². The molecule has 1 N–H and O–H groups in total. The van der Waals surface area contributed by atoms with Crippen molar-refractivity contribution < 1.29 is 5.11 Å². The van der Waals surface area contributed by atoms with Gasteiger partial charge in [-0.1, -0.05) is 164 Å². The van der Waals surface area contributed by atoms with Crippen LogP contribution in [-0.2, 0) is 0 Å². The Kier molecular flexibility index (Phi) is 14.6. The molecule has 0 spiro atoms. The van der Waals surface area contributed by atoms with Crippen molar-refractivity contribution >= 4 is 0 Å². The summed E-state index contributed by atoms with van der Waals surface area (Å²) in [6, 6.07) is 0. The van der Waals surface area contributed by atoms with Crippen LogP contribution < -0.4 is 0 Å². The first-order valence-electron chi connectivity index (χ1n) is 16.4. The highest BCUT2D eigenvalue weighted by molar-refractivity contribution is 5.38. The third-order valence-electron chi connectivity index (χ3n) is 8.82. The molecule has 2 unspecified atom stereocenters. The zero-order valence-electron chi connectivity index (χ0n) is 29.6. The molecule has 2 aliphatic rings. The van der Waals surface area contributed by atoms with Crippen molar-refractivity contribution in [3.05, 3.63) is 142 Å². The van der Waals surface area contributed by atoms with Gasteiger partial charge in [-0.3, -0.25) is 0 Å². The molecule has 0 aromatic carbocycles. The lowest BCUT2D eigenvalue weighted by atomic mass is 9.65. The first kappa shape index (κ1) is 37.0. The average molecular weight is 593 g/mol. The van der Waals surface area contributed by atoms with E-state index in [0.29, 0.717) is 11.8 Å². The van der Waals surface area contributed by atoms with Crippen molar-refractivity contribution in [2.75, 3.05) is 0 Å². The Bertz CT molecular complexity index is 1350. The molecule has 0 fully saturated rings. The summed E-state index contributed by atoms with van der Waals surface area (Å²) in [6.45, 7) is 24.3. The van der Waals surface area contributed by atoms with Gasteiger partial charge in [-0.15, -0.1) is 0 Å². The SMILES string of the molecule is C/C=C/[C@@H]1C=C(C)C(/C=C/C(C)=C/C=C/C(C)=C/C=C/C=C(C)/C=C/C=C(C)/C=C/C2=C(C)CC(O)CC2(C)C)C(C)(C)C1. The highest BCUT2D eigenvalue weighted by atomic mass is 16.3. The summed E-state index contributed by atoms with van der Waals surface area (Å²) in [7, 11) is 0. The third kappa shape index (κ3) is 12.4. The second-order valence-electron chi connectivity index (χ2n) is 14.3. The van der Waals surface area contributed by atoms with Crippen molar-refractivity contribution in [2.24, 2.45) is 22.7 Å². The Hall–Kier alpha value is -3.16. The van der Waals surface area contributed by atoms with E-state index in [1.807, 2.05) is 0 Å². The lowest BCUT2D eigenvalue weighted by Gasteiger charge is -2.39. The van der Waals surface area contributed by atoms with Gasteiger partial charge >= 0.3 is 0 Å². The van der Waals surface area contributed by atoms with Crippen LogP contribution in [0.25, 0.3) is 0 Å². The molecule has 2 aliphatic carbocycles. The topological polar surface area (TPSA) is 20.2 Å². The summed E-state index contributed by atoms with van der Waals surface area (Å²) in [5.41, 5.74) is 9.27. The summed E-state index contributed by atoms with van der Waals surface area (Å²) in [5.74, 6) is 1.03. The monoisotopic (exact) mass is 592 g/mol. The molecule has 0 aliphatic heterocycles. The zero-order valence-corrected chi connectivity index (χ0v) is 29.6. The summed E-state index contributed by atoms with van der Waals surface area (Å²) in [5, 5.41) is 10.1. The Labute approximate surface area is 271 Å². The smallest absolute Gasteiger partial charge is 0.0585 e. The van der Waals surface area contributed by atoms with Crippen LogP contribution in [0.1, 0.15) is 95.4 Å². The highest BCUT2D eigenvalue weighted by Crippen LogP contribution is 2.44. The van der Waals surface area contributed by atoms with Gasteiger partial charge in [0.25, 0.3) is 0 Å². The molecule has 0 aromatic rings. The van der Waals surface area contributed by atoms with E-state index in [2.05, 4.69) is 179 Å². The number of aliphatic hydroxyl groups is 1. The first-order valence-corrected chi connectivity index (χ1v) is 16.4. The Morgan fingerprint density at radius 3 is 1.77 bits per heavy atom. The normalized spacial score (nSPS) is 26.1. The number of rotatable bonds is 11. The molecule has 0 heterocycles. The summed E-state index contributed by atoms with van der Waals surface area (Å²) < 4.78 is 0. The standard InChI is InChI=1S/C43H60O/c1-12-17-38-28-36(6)40(42(8,9)30-38)26-24-34(4)22-15-20-32(2)18-13-14-19-33(3)21-16-23-35(5)25-27-41-37(7)29-39(44)31-43(41,10)11/h12-28,38-40,44H,29-31H2,1-11H3/b14-13+,17-12+,20-15+,21-16+,26-24+,27-25+,32-18+,33-19+,34-22+,35-23+/t38-,39?,40?/m1/s1. The minimum Gasteiger partial charge on any atom is -0.393 e. The van der Waals surface area contributed by atoms with Crippen molar-refractivity contribution in [1.82, 2.24) is 0 Å². The van der Waals surface area contributed by atoms with Gasteiger partial charge in [0, 0.05) is 5.92 Å². The van der Waals surface area contributed by atoms with Crippen molar-refractivity contribution in [3.63, 3.8) is 0 Å². The van der Waals surface area contributed by atoms with Crippen molar-refractivity contribution in [1.29, 1.82) is 0 Å². The molecule has 0 saturated heterocycles. The van der Waals surface area contributed by atoms with E-state index in [9.17, 15) is 5.11 Å². The highest BCUT2D eigenvalue weighted by Gasteiger charge is 2.34. The second kappa shape index (κ2) is 17.4. The lowest BCUT2D eigenvalue weighted by molar-refractivity contribution is 0.116. The predicted molar refractivity (Wildman–Crippen MR) is 196 cm³/mol. The fourth-order valence-corrected chi connectivity index (χ4v) is 6.62. The molecule has 238 valence electrons. The molecule has 0 amide bonds. The molecule has 0 radical (unpaired) electrons. The van der Waals surface area contributed by atoms with Gasteiger partial charge in [0.1, 0.15) is 0 Å². The molecular formula is C43H60O. The molecular weight excluding hydrogens is 532 g/mol. The van der Waals surface area contributed by atoms with Crippen LogP contribution in [0.15, 0.2) is 142 Å². The lowest BCUT2D eigenvalue weighted by Crippen LogP contribution is -2.29. The van der Waals surface area contributed by atoms with Crippen LogP contribution in [0, 0.1) is 22.7 Å². The largest absolute Gasteiger partial charge is 0.393 e. The van der Waals surface area contributed by atoms with Gasteiger partial charge in [-0.25, -0.2) is 0 Å². The molecule has 0 aromatic heterocycles. The van der Waals surface area contributed by atoms with E-state index < -0.39 is 0 Å². The molecule has 3 atom stereocenters. The van der Waals surface area contributed by atoms with E-state index in [1.165, 1.54) is 45.4 Å². The van der Waals surface area contributed by atoms with Crippen LogP contribution >= 0.6 is 0 Å². The number of allylic oxidation sites excluding steroid dienone is 23. The summed E-state index contributed by atoms with van der Waals surface area (Å²) in [6.07, 6.45) is 39.9. The third-order valence-corrected chi connectivity index (χ3v) is 8.82. The van der Waals surface area contributed by atoms with Gasteiger partial charge < -0.3 is 5.11 Å². The van der Waals surface area contributed by atoms with Crippen LogP contribution in [-0.4, -0.2) is 11.2 Å². The molecule has 1 nitrogen and oxygen atoms in total. The van der Waals surface area contributed by atoms with Gasteiger partial charge in [0.05, 0.1) is 6.10 Å². The minimum absolute atomic E-state index is 0.00954. The quantitative estimate of drug-likeness (QED) is 0.187. The summed E-state index contributed by atoms with van der Waals surface area (Å²) in [4.78, 5) is 0. The van der Waals surface area contributed by atoms with E-state index in [4.69, 9.17) is 0 Å². The minimum atomic E-state index is -0.223. The Morgan fingerprint density at radius 1 is 0.727 bits per heavy atom. The van der Waals surface area contributed by atoms with Gasteiger partial charge in [0.15, 0.2) is 0 Å². The molecule has 0 bridgehead atoms. The maximum atomic E-state index is 10.1. The maximum absolute atomic E-state index is 10.1. The van der Waals surface area contributed by atoms with E-state index in [0.717, 1.165) is 12.8 Å². The first-order chi connectivity index (χ1) is 20.6. The van der Waals surface area contributed by atoms with E-state index in [1.54, 1.807) is 0 Å². The maximum Gasteiger partial charge on any atom is 0.0585 e. The van der Waals surface area contributed by atoms with Gasteiger partial charge in [-0.05, 0) is 90.0 Å². The van der Waals surface area contributed by atoms with Crippen LogP contribution in [0.5, 0.6) is 0 Å². The molecule has 2 rings (SSSR count). The van der Waals surface area contributed by atoms with Crippen LogP contribution in [0.4, 0.5) is 0 Å². The average Bonchev–Trinajstić information content (AvgIpc) is 2.89.